The van der Waals surface area contributed by atoms with E-state index in [0.29, 0.717) is 22.0 Å². The Hall–Kier alpha value is -2.04. The minimum Gasteiger partial charge on any atom is -0.444 e. The van der Waals surface area contributed by atoms with Crippen molar-refractivity contribution < 1.29 is 14.3 Å². The maximum absolute atomic E-state index is 12.7. The van der Waals surface area contributed by atoms with Crippen LogP contribution >= 0.6 is 23.2 Å². The fourth-order valence-electron chi connectivity index (χ4n) is 3.94. The molecule has 1 aliphatic rings. The molecule has 0 radical (unpaired) electrons. The van der Waals surface area contributed by atoms with Gasteiger partial charge in [-0.15, -0.1) is 0 Å². The van der Waals surface area contributed by atoms with Crippen LogP contribution in [0.15, 0.2) is 36.4 Å². The van der Waals surface area contributed by atoms with E-state index in [9.17, 15) is 9.59 Å². The van der Waals surface area contributed by atoms with Crippen LogP contribution in [0.2, 0.25) is 10.0 Å². The quantitative estimate of drug-likeness (QED) is 0.509. The Labute approximate surface area is 181 Å². The molecule has 154 valence electrons. The zero-order valence-electron chi connectivity index (χ0n) is 17.0. The Kier molecular flexibility index (Phi) is 6.25. The van der Waals surface area contributed by atoms with E-state index in [1.165, 1.54) is 0 Å². The van der Waals surface area contributed by atoms with Crippen LogP contribution in [-0.2, 0) is 4.74 Å². The maximum atomic E-state index is 12.7. The number of rotatable bonds is 3. The van der Waals surface area contributed by atoms with Gasteiger partial charge in [-0.25, -0.2) is 4.79 Å². The lowest BCUT2D eigenvalue weighted by atomic mass is 9.75. The van der Waals surface area contributed by atoms with Crippen molar-refractivity contribution in [2.24, 2.45) is 0 Å². The van der Waals surface area contributed by atoms with E-state index in [1.807, 2.05) is 45.0 Å². The number of fused-ring (bicyclic) bond motifs is 1. The van der Waals surface area contributed by atoms with Crippen LogP contribution < -0.4 is 0 Å². The molecule has 2 aromatic carbocycles. The molecule has 2 aromatic rings. The number of hydrogen-bond donors (Lipinski definition) is 0. The summed E-state index contributed by atoms with van der Waals surface area (Å²) in [7, 11) is 1.73. The van der Waals surface area contributed by atoms with Gasteiger partial charge in [-0.3, -0.25) is 4.79 Å². The summed E-state index contributed by atoms with van der Waals surface area (Å²) in [6.07, 6.45) is 1.97. The Morgan fingerprint density at radius 2 is 1.86 bits per heavy atom. The van der Waals surface area contributed by atoms with Gasteiger partial charge >= 0.3 is 6.09 Å². The molecule has 4 nitrogen and oxygen atoms in total. The Balaban J connectivity index is 2.03. The summed E-state index contributed by atoms with van der Waals surface area (Å²) in [5.74, 6) is 0.0722. The number of benzene rings is 2. The first kappa shape index (κ1) is 21.7. The van der Waals surface area contributed by atoms with Crippen LogP contribution in [0.1, 0.15) is 72.6 Å². The zero-order valence-corrected chi connectivity index (χ0v) is 18.6. The van der Waals surface area contributed by atoms with Gasteiger partial charge in [0.25, 0.3) is 0 Å². The number of aldehydes is 1. The van der Waals surface area contributed by atoms with Crippen molar-refractivity contribution in [3.05, 3.63) is 68.7 Å². The molecule has 0 unspecified atom stereocenters. The highest BCUT2D eigenvalue weighted by Gasteiger charge is 2.35. The van der Waals surface area contributed by atoms with Gasteiger partial charge in [0.1, 0.15) is 11.9 Å². The first-order valence-electron chi connectivity index (χ1n) is 9.61. The minimum atomic E-state index is -0.588. The summed E-state index contributed by atoms with van der Waals surface area (Å²) in [6, 6.07) is 11.1. The Morgan fingerprint density at radius 1 is 1.14 bits per heavy atom. The average molecular weight is 434 g/mol. The third kappa shape index (κ3) is 4.59. The molecule has 0 spiro atoms. The molecular weight excluding hydrogens is 409 g/mol. The third-order valence-corrected chi connectivity index (χ3v) is 5.97. The van der Waals surface area contributed by atoms with E-state index in [-0.39, 0.29) is 12.0 Å². The lowest BCUT2D eigenvalue weighted by Gasteiger charge is -2.38. The van der Waals surface area contributed by atoms with Gasteiger partial charge in [0, 0.05) is 18.5 Å². The van der Waals surface area contributed by atoms with Gasteiger partial charge in [0.2, 0.25) is 0 Å². The highest BCUT2D eigenvalue weighted by molar-refractivity contribution is 6.42. The molecule has 0 saturated heterocycles. The van der Waals surface area contributed by atoms with Crippen molar-refractivity contribution in [1.29, 1.82) is 0 Å². The first-order valence-corrected chi connectivity index (χ1v) is 10.4. The van der Waals surface area contributed by atoms with Crippen molar-refractivity contribution in [3.63, 3.8) is 0 Å². The van der Waals surface area contributed by atoms with Crippen molar-refractivity contribution in [1.82, 2.24) is 4.90 Å². The van der Waals surface area contributed by atoms with Gasteiger partial charge in [-0.1, -0.05) is 47.5 Å². The lowest BCUT2D eigenvalue weighted by molar-refractivity contribution is 0.0201. The molecule has 0 bridgehead atoms. The highest BCUT2D eigenvalue weighted by atomic mass is 35.5. The van der Waals surface area contributed by atoms with Gasteiger partial charge < -0.3 is 9.64 Å². The van der Waals surface area contributed by atoms with Crippen LogP contribution in [0.5, 0.6) is 0 Å². The molecule has 1 amide bonds. The van der Waals surface area contributed by atoms with Gasteiger partial charge in [-0.05, 0) is 62.4 Å². The molecule has 0 fully saturated rings. The van der Waals surface area contributed by atoms with Crippen molar-refractivity contribution >= 4 is 35.6 Å². The van der Waals surface area contributed by atoms with E-state index in [1.54, 1.807) is 24.1 Å². The summed E-state index contributed by atoms with van der Waals surface area (Å²) in [6.45, 7) is 5.51. The summed E-state index contributed by atoms with van der Waals surface area (Å²) in [5.41, 5.74) is 2.95. The number of amides is 1. The molecular formula is C23H25Cl2NO3. The Morgan fingerprint density at radius 3 is 2.48 bits per heavy atom. The number of nitrogens with zero attached hydrogens (tertiary/aromatic N) is 1. The SMILES string of the molecule is CN(C(=O)OC(C)(C)C)[C@H]1CC[C@@H](c2ccc(Cl)c(Cl)c2)c2cccc(C=O)c21. The Bertz CT molecular complexity index is 936. The molecule has 1 aliphatic carbocycles. The van der Waals surface area contributed by atoms with E-state index in [0.717, 1.165) is 29.4 Å². The predicted octanol–water partition coefficient (Wildman–Crippen LogP) is 6.64. The van der Waals surface area contributed by atoms with Crippen molar-refractivity contribution in [3.8, 4) is 0 Å². The number of halogens is 2. The highest BCUT2D eigenvalue weighted by Crippen LogP contribution is 2.45. The second-order valence-electron chi connectivity index (χ2n) is 8.38. The van der Waals surface area contributed by atoms with Crippen LogP contribution in [0.4, 0.5) is 4.79 Å². The van der Waals surface area contributed by atoms with Crippen LogP contribution in [0.25, 0.3) is 0 Å². The fourth-order valence-corrected chi connectivity index (χ4v) is 4.25. The van der Waals surface area contributed by atoms with E-state index in [2.05, 4.69) is 0 Å². The fraction of sp³-hybridized carbons (Fsp3) is 0.391. The average Bonchev–Trinajstić information content (AvgIpc) is 2.67. The molecule has 29 heavy (non-hydrogen) atoms. The molecule has 0 aliphatic heterocycles. The summed E-state index contributed by atoms with van der Waals surface area (Å²) >= 11 is 12.3. The zero-order chi connectivity index (χ0) is 21.3. The largest absolute Gasteiger partial charge is 0.444 e. The van der Waals surface area contributed by atoms with E-state index >= 15 is 0 Å². The lowest BCUT2D eigenvalue weighted by Crippen LogP contribution is -2.38. The van der Waals surface area contributed by atoms with Gasteiger partial charge in [0.15, 0.2) is 0 Å². The molecule has 0 aromatic heterocycles. The summed E-state index contributed by atoms with van der Waals surface area (Å²) < 4.78 is 5.55. The molecule has 0 saturated carbocycles. The predicted molar refractivity (Wildman–Crippen MR) is 116 cm³/mol. The van der Waals surface area contributed by atoms with Crippen molar-refractivity contribution in [2.75, 3.05) is 7.05 Å². The maximum Gasteiger partial charge on any atom is 0.410 e. The summed E-state index contributed by atoms with van der Waals surface area (Å²) in [5, 5.41) is 1.01. The van der Waals surface area contributed by atoms with Crippen LogP contribution in [0, 0.1) is 0 Å². The molecule has 0 N–H and O–H groups in total. The van der Waals surface area contributed by atoms with Crippen molar-refractivity contribution in [2.45, 2.75) is 51.2 Å². The van der Waals surface area contributed by atoms with E-state index < -0.39 is 11.7 Å². The number of hydrogen-bond acceptors (Lipinski definition) is 3. The second kappa shape index (κ2) is 8.37. The van der Waals surface area contributed by atoms with Crippen LogP contribution in [0.3, 0.4) is 0 Å². The monoisotopic (exact) mass is 433 g/mol. The normalized spacial score (nSPS) is 18.7. The first-order chi connectivity index (χ1) is 13.6. The molecule has 6 heteroatoms. The van der Waals surface area contributed by atoms with Gasteiger partial charge in [0.05, 0.1) is 16.1 Å². The van der Waals surface area contributed by atoms with E-state index in [4.69, 9.17) is 27.9 Å². The molecule has 3 rings (SSSR count). The standard InChI is InChI=1S/C23H25Cl2NO3/c1-23(2,3)29-22(28)26(4)20-11-9-16(14-8-10-18(24)19(25)12-14)17-7-5-6-15(13-27)21(17)20/h5-8,10,12-13,16,20H,9,11H2,1-4H3/t16-,20-/m0/s1. The van der Waals surface area contributed by atoms with Gasteiger partial charge in [-0.2, -0.15) is 0 Å². The second-order valence-corrected chi connectivity index (χ2v) is 9.19. The minimum absolute atomic E-state index is 0.0722. The smallest absolute Gasteiger partial charge is 0.410 e. The molecule has 2 atom stereocenters. The number of ether oxygens (including phenoxy) is 1. The van der Waals surface area contributed by atoms with Crippen LogP contribution in [-0.4, -0.2) is 29.9 Å². The number of carbonyl (C=O) groups excluding carboxylic acids is 2. The topological polar surface area (TPSA) is 46.6 Å². The molecule has 0 heterocycles. The number of carbonyl (C=O) groups is 2. The third-order valence-electron chi connectivity index (χ3n) is 5.23. The summed E-state index contributed by atoms with van der Waals surface area (Å²) in [4.78, 5) is 26.1.